The van der Waals surface area contributed by atoms with Crippen molar-refractivity contribution in [3.63, 3.8) is 0 Å². The molecule has 1 N–H and O–H groups in total. The van der Waals surface area contributed by atoms with E-state index >= 15 is 0 Å². The second-order valence-corrected chi connectivity index (χ2v) is 3.86. The van der Waals surface area contributed by atoms with Crippen molar-refractivity contribution in [2.24, 2.45) is 0 Å². The zero-order valence-electron chi connectivity index (χ0n) is 9.79. The van der Waals surface area contributed by atoms with Crippen LogP contribution in [-0.4, -0.2) is 11.9 Å². The second kappa shape index (κ2) is 5.97. The Balaban J connectivity index is 2.55. The number of amides is 1. The predicted octanol–water partition coefficient (Wildman–Crippen LogP) is 2.07. The van der Waals surface area contributed by atoms with Gasteiger partial charge in [0.2, 0.25) is 5.91 Å². The van der Waals surface area contributed by atoms with Gasteiger partial charge in [0.25, 0.3) is 0 Å². The first kappa shape index (κ1) is 12.3. The molecule has 84 valence electrons. The third-order valence-corrected chi connectivity index (χ3v) is 2.39. The zero-order valence-corrected chi connectivity index (χ0v) is 9.79. The monoisotopic (exact) mass is 215 g/mol. The lowest BCUT2D eigenvalue weighted by Gasteiger charge is -2.10. The highest BCUT2D eigenvalue weighted by molar-refractivity contribution is 5.79. The molecule has 2 nitrogen and oxygen atoms in total. The summed E-state index contributed by atoms with van der Waals surface area (Å²) in [6.45, 7) is 3.97. The topological polar surface area (TPSA) is 29.1 Å². The van der Waals surface area contributed by atoms with E-state index < -0.39 is 0 Å². The van der Waals surface area contributed by atoms with Crippen LogP contribution in [0.15, 0.2) is 24.3 Å². The third-order valence-electron chi connectivity index (χ3n) is 2.39. The van der Waals surface area contributed by atoms with Crippen molar-refractivity contribution in [3.05, 3.63) is 35.4 Å². The molecule has 2 heteroatoms. The molecule has 0 aliphatic rings. The second-order valence-electron chi connectivity index (χ2n) is 3.86. The Morgan fingerprint density at radius 3 is 2.88 bits per heavy atom. The molecule has 0 radical (unpaired) electrons. The summed E-state index contributed by atoms with van der Waals surface area (Å²) in [5.41, 5.74) is 2.18. The van der Waals surface area contributed by atoms with E-state index in [9.17, 15) is 4.79 Å². The molecule has 0 aromatic heterocycles. The molecule has 16 heavy (non-hydrogen) atoms. The van der Waals surface area contributed by atoms with Gasteiger partial charge in [0, 0.05) is 0 Å². The van der Waals surface area contributed by atoms with Gasteiger partial charge in [-0.1, -0.05) is 42.7 Å². The van der Waals surface area contributed by atoms with Gasteiger partial charge in [0.05, 0.1) is 12.5 Å². The number of benzene rings is 1. The van der Waals surface area contributed by atoms with E-state index in [1.54, 1.807) is 0 Å². The van der Waals surface area contributed by atoms with Crippen molar-refractivity contribution in [2.45, 2.75) is 32.7 Å². The fourth-order valence-electron chi connectivity index (χ4n) is 1.51. The smallest absolute Gasteiger partial charge is 0.225 e. The minimum Gasteiger partial charge on any atom is -0.342 e. The Hall–Kier alpha value is -1.75. The third kappa shape index (κ3) is 3.78. The van der Waals surface area contributed by atoms with Crippen LogP contribution in [0.1, 0.15) is 24.5 Å². The number of carbonyl (C=O) groups is 1. The number of terminal acetylenes is 1. The molecule has 0 saturated heterocycles. The summed E-state index contributed by atoms with van der Waals surface area (Å²) in [5.74, 6) is 2.53. The quantitative estimate of drug-likeness (QED) is 0.765. The summed E-state index contributed by atoms with van der Waals surface area (Å²) in [7, 11) is 0. The van der Waals surface area contributed by atoms with Gasteiger partial charge in [-0.2, -0.15) is 0 Å². The Morgan fingerprint density at radius 1 is 1.56 bits per heavy atom. The Bertz CT molecular complexity index is 403. The average Bonchev–Trinajstić information content (AvgIpc) is 2.26. The molecule has 0 saturated carbocycles. The number of hydrogen-bond donors (Lipinski definition) is 1. The molecule has 0 fully saturated rings. The highest BCUT2D eigenvalue weighted by Crippen LogP contribution is 2.04. The van der Waals surface area contributed by atoms with Gasteiger partial charge in [0.15, 0.2) is 0 Å². The van der Waals surface area contributed by atoms with Crippen LogP contribution in [0.2, 0.25) is 0 Å². The summed E-state index contributed by atoms with van der Waals surface area (Å²) in [5, 5.41) is 2.81. The van der Waals surface area contributed by atoms with Crippen molar-refractivity contribution >= 4 is 5.91 Å². The van der Waals surface area contributed by atoms with Gasteiger partial charge < -0.3 is 5.32 Å². The summed E-state index contributed by atoms with van der Waals surface area (Å²) in [4.78, 5) is 11.6. The van der Waals surface area contributed by atoms with Gasteiger partial charge in [-0.05, 0) is 18.9 Å². The fourth-order valence-corrected chi connectivity index (χ4v) is 1.51. The molecular weight excluding hydrogens is 198 g/mol. The standard InChI is InChI=1S/C14H17NO/c1-4-13(5-2)15-14(16)10-12-8-6-7-11(3)9-12/h1,6-9,13H,5,10H2,2-3H3,(H,15,16). The van der Waals surface area contributed by atoms with Crippen molar-refractivity contribution < 1.29 is 4.79 Å². The maximum Gasteiger partial charge on any atom is 0.225 e. The Kier molecular flexibility index (Phi) is 4.60. The first-order valence-electron chi connectivity index (χ1n) is 5.46. The van der Waals surface area contributed by atoms with Crippen LogP contribution in [-0.2, 0) is 11.2 Å². The molecule has 0 bridgehead atoms. The van der Waals surface area contributed by atoms with E-state index in [-0.39, 0.29) is 11.9 Å². The van der Waals surface area contributed by atoms with Crippen LogP contribution in [0.4, 0.5) is 0 Å². The van der Waals surface area contributed by atoms with Crippen molar-refractivity contribution in [2.75, 3.05) is 0 Å². The summed E-state index contributed by atoms with van der Waals surface area (Å²) in [6.07, 6.45) is 6.43. The maximum atomic E-state index is 11.6. The molecular formula is C14H17NO. The van der Waals surface area contributed by atoms with Crippen LogP contribution in [0.25, 0.3) is 0 Å². The van der Waals surface area contributed by atoms with E-state index in [1.165, 1.54) is 0 Å². The molecule has 1 rings (SSSR count). The summed E-state index contributed by atoms with van der Waals surface area (Å²) in [6, 6.07) is 7.77. The SMILES string of the molecule is C#CC(CC)NC(=O)Cc1cccc(C)c1. The lowest BCUT2D eigenvalue weighted by atomic mass is 10.1. The van der Waals surface area contributed by atoms with Crippen LogP contribution in [0.3, 0.4) is 0 Å². The molecule has 1 aromatic rings. The first-order valence-corrected chi connectivity index (χ1v) is 5.46. The van der Waals surface area contributed by atoms with Crippen LogP contribution in [0, 0.1) is 19.3 Å². The number of aryl methyl sites for hydroxylation is 1. The molecule has 1 atom stereocenters. The van der Waals surface area contributed by atoms with Gasteiger partial charge in [-0.3, -0.25) is 4.79 Å². The molecule has 1 amide bonds. The first-order chi connectivity index (χ1) is 7.65. The number of hydrogen-bond acceptors (Lipinski definition) is 1. The number of rotatable bonds is 4. The molecule has 1 aromatic carbocycles. The van der Waals surface area contributed by atoms with E-state index in [0.29, 0.717) is 6.42 Å². The predicted molar refractivity (Wildman–Crippen MR) is 65.9 cm³/mol. The van der Waals surface area contributed by atoms with E-state index in [4.69, 9.17) is 6.42 Å². The van der Waals surface area contributed by atoms with E-state index in [0.717, 1.165) is 17.5 Å². The number of carbonyl (C=O) groups excluding carboxylic acids is 1. The summed E-state index contributed by atoms with van der Waals surface area (Å²) >= 11 is 0. The molecule has 0 heterocycles. The van der Waals surface area contributed by atoms with E-state index in [2.05, 4.69) is 11.2 Å². The van der Waals surface area contributed by atoms with E-state index in [1.807, 2.05) is 38.1 Å². The van der Waals surface area contributed by atoms with Gasteiger partial charge in [-0.25, -0.2) is 0 Å². The number of nitrogens with one attached hydrogen (secondary N) is 1. The largest absolute Gasteiger partial charge is 0.342 e. The van der Waals surface area contributed by atoms with Crippen LogP contribution >= 0.6 is 0 Å². The maximum absolute atomic E-state index is 11.6. The normalized spacial score (nSPS) is 11.6. The lowest BCUT2D eigenvalue weighted by molar-refractivity contribution is -0.120. The highest BCUT2D eigenvalue weighted by Gasteiger charge is 2.07. The van der Waals surface area contributed by atoms with Gasteiger partial charge in [-0.15, -0.1) is 6.42 Å². The van der Waals surface area contributed by atoms with Crippen LogP contribution < -0.4 is 5.32 Å². The lowest BCUT2D eigenvalue weighted by Crippen LogP contribution is -2.34. The molecule has 0 spiro atoms. The minimum atomic E-state index is -0.155. The van der Waals surface area contributed by atoms with Gasteiger partial charge in [0.1, 0.15) is 0 Å². The van der Waals surface area contributed by atoms with Crippen molar-refractivity contribution in [3.8, 4) is 12.3 Å². The molecule has 0 aliphatic carbocycles. The van der Waals surface area contributed by atoms with Crippen LogP contribution in [0.5, 0.6) is 0 Å². The summed E-state index contributed by atoms with van der Waals surface area (Å²) < 4.78 is 0. The van der Waals surface area contributed by atoms with Crippen molar-refractivity contribution in [1.82, 2.24) is 5.32 Å². The molecule has 0 aliphatic heterocycles. The van der Waals surface area contributed by atoms with Gasteiger partial charge >= 0.3 is 0 Å². The van der Waals surface area contributed by atoms with Crippen molar-refractivity contribution in [1.29, 1.82) is 0 Å². The highest BCUT2D eigenvalue weighted by atomic mass is 16.1. The molecule has 1 unspecified atom stereocenters. The average molecular weight is 215 g/mol. The Labute approximate surface area is 97.1 Å². The fraction of sp³-hybridized carbons (Fsp3) is 0.357. The Morgan fingerprint density at radius 2 is 2.31 bits per heavy atom. The zero-order chi connectivity index (χ0) is 12.0. The minimum absolute atomic E-state index is 0.0181.